The van der Waals surface area contributed by atoms with Crippen molar-refractivity contribution in [3.05, 3.63) is 45.7 Å². The zero-order valence-corrected chi connectivity index (χ0v) is 14.0. The van der Waals surface area contributed by atoms with Crippen LogP contribution in [0, 0.1) is 13.8 Å². The molecule has 0 aliphatic carbocycles. The van der Waals surface area contributed by atoms with Crippen LogP contribution >= 0.6 is 0 Å². The van der Waals surface area contributed by atoms with Gasteiger partial charge in [0.25, 0.3) is 0 Å². The van der Waals surface area contributed by atoms with Crippen LogP contribution < -0.4 is 10.7 Å². The molecule has 1 aromatic carbocycles. The third kappa shape index (κ3) is 4.42. The number of hydrogen-bond donors (Lipinski definition) is 1. The van der Waals surface area contributed by atoms with Crippen molar-refractivity contribution in [3.63, 3.8) is 0 Å². The fourth-order valence-electron chi connectivity index (χ4n) is 2.71. The molecule has 1 amide bonds. The average Bonchev–Trinajstić information content (AvgIpc) is 2.49. The summed E-state index contributed by atoms with van der Waals surface area (Å²) >= 11 is 0. The van der Waals surface area contributed by atoms with Crippen LogP contribution in [0.3, 0.4) is 0 Å². The van der Waals surface area contributed by atoms with E-state index in [4.69, 9.17) is 4.74 Å². The topological polar surface area (TPSA) is 60.3 Å². The van der Waals surface area contributed by atoms with E-state index >= 15 is 0 Å². The summed E-state index contributed by atoms with van der Waals surface area (Å²) in [4.78, 5) is 24.2. The Labute approximate surface area is 136 Å². The number of nitrogens with one attached hydrogen (secondary N) is 1. The van der Waals surface area contributed by atoms with Gasteiger partial charge in [-0.1, -0.05) is 6.07 Å². The van der Waals surface area contributed by atoms with Crippen molar-refractivity contribution >= 4 is 16.8 Å². The number of ether oxygens (including phenoxy) is 1. The van der Waals surface area contributed by atoms with Gasteiger partial charge in [0.15, 0.2) is 5.43 Å². The fourth-order valence-corrected chi connectivity index (χ4v) is 2.71. The molecule has 5 heteroatoms. The number of carbonyl (C=O) groups is 1. The van der Waals surface area contributed by atoms with Gasteiger partial charge >= 0.3 is 0 Å². The van der Waals surface area contributed by atoms with Crippen molar-refractivity contribution in [1.29, 1.82) is 0 Å². The third-order valence-electron chi connectivity index (χ3n) is 3.73. The molecule has 0 spiro atoms. The molecule has 23 heavy (non-hydrogen) atoms. The molecule has 0 unspecified atom stereocenters. The molecule has 1 aromatic heterocycles. The smallest absolute Gasteiger partial charge is 0.239 e. The van der Waals surface area contributed by atoms with Crippen LogP contribution in [0.2, 0.25) is 0 Å². The number of fused-ring (bicyclic) bond motifs is 1. The summed E-state index contributed by atoms with van der Waals surface area (Å²) in [7, 11) is 0. The van der Waals surface area contributed by atoms with Gasteiger partial charge in [-0.2, -0.15) is 0 Å². The van der Waals surface area contributed by atoms with E-state index in [1.165, 1.54) is 6.07 Å². The maximum atomic E-state index is 12.1. The number of pyridine rings is 1. The highest BCUT2D eigenvalue weighted by molar-refractivity contribution is 5.85. The molecular formula is C18H24N2O3. The summed E-state index contributed by atoms with van der Waals surface area (Å²) in [5, 5.41) is 3.56. The normalized spacial score (nSPS) is 10.9. The largest absolute Gasteiger partial charge is 0.382 e. The first kappa shape index (κ1) is 17.2. The first-order chi connectivity index (χ1) is 11.0. The van der Waals surface area contributed by atoms with Crippen LogP contribution in [-0.4, -0.2) is 30.2 Å². The van der Waals surface area contributed by atoms with E-state index in [1.54, 1.807) is 6.20 Å². The van der Waals surface area contributed by atoms with Gasteiger partial charge in [0.2, 0.25) is 5.91 Å². The number of benzene rings is 1. The van der Waals surface area contributed by atoms with Crippen molar-refractivity contribution in [3.8, 4) is 0 Å². The number of carbonyl (C=O) groups excluding carboxylic acids is 1. The Morgan fingerprint density at radius 2 is 2.09 bits per heavy atom. The Balaban J connectivity index is 2.13. The maximum Gasteiger partial charge on any atom is 0.239 e. The Hall–Kier alpha value is -2.14. The predicted octanol–water partition coefficient (Wildman–Crippen LogP) is 2.16. The lowest BCUT2D eigenvalue weighted by molar-refractivity contribution is -0.121. The molecule has 124 valence electrons. The minimum Gasteiger partial charge on any atom is -0.382 e. The molecular weight excluding hydrogens is 292 g/mol. The Morgan fingerprint density at radius 1 is 1.30 bits per heavy atom. The van der Waals surface area contributed by atoms with Gasteiger partial charge in [-0.3, -0.25) is 9.59 Å². The first-order valence-corrected chi connectivity index (χ1v) is 7.97. The lowest BCUT2D eigenvalue weighted by Crippen LogP contribution is -2.29. The van der Waals surface area contributed by atoms with Crippen LogP contribution in [0.5, 0.6) is 0 Å². The lowest BCUT2D eigenvalue weighted by atomic mass is 10.1. The number of amides is 1. The van der Waals surface area contributed by atoms with Gasteiger partial charge < -0.3 is 14.6 Å². The van der Waals surface area contributed by atoms with Crippen LogP contribution in [-0.2, 0) is 16.1 Å². The van der Waals surface area contributed by atoms with Crippen LogP contribution in [0.1, 0.15) is 24.5 Å². The minimum atomic E-state index is -0.0643. The summed E-state index contributed by atoms with van der Waals surface area (Å²) in [6.07, 6.45) is 2.48. The molecule has 0 aliphatic heterocycles. The van der Waals surface area contributed by atoms with Crippen molar-refractivity contribution in [1.82, 2.24) is 9.88 Å². The molecule has 5 nitrogen and oxygen atoms in total. The van der Waals surface area contributed by atoms with Crippen LogP contribution in [0.25, 0.3) is 10.9 Å². The molecule has 0 aliphatic rings. The van der Waals surface area contributed by atoms with E-state index in [0.717, 1.165) is 23.1 Å². The van der Waals surface area contributed by atoms with Gasteiger partial charge in [-0.05, 0) is 44.4 Å². The molecule has 2 aromatic rings. The molecule has 0 saturated heterocycles. The number of aryl methyl sites for hydroxylation is 2. The molecule has 2 rings (SSSR count). The van der Waals surface area contributed by atoms with E-state index in [1.807, 2.05) is 37.5 Å². The van der Waals surface area contributed by atoms with Crippen molar-refractivity contribution in [2.75, 3.05) is 19.8 Å². The molecule has 0 fully saturated rings. The van der Waals surface area contributed by atoms with E-state index in [9.17, 15) is 9.59 Å². The average molecular weight is 316 g/mol. The fraction of sp³-hybridized carbons (Fsp3) is 0.444. The summed E-state index contributed by atoms with van der Waals surface area (Å²) < 4.78 is 7.07. The number of hydrogen-bond acceptors (Lipinski definition) is 3. The first-order valence-electron chi connectivity index (χ1n) is 7.97. The van der Waals surface area contributed by atoms with Gasteiger partial charge in [0.1, 0.15) is 6.54 Å². The molecule has 1 heterocycles. The zero-order valence-electron chi connectivity index (χ0n) is 14.0. The quantitative estimate of drug-likeness (QED) is 0.796. The van der Waals surface area contributed by atoms with Crippen molar-refractivity contribution in [2.24, 2.45) is 0 Å². The molecule has 0 radical (unpaired) electrons. The van der Waals surface area contributed by atoms with E-state index in [2.05, 4.69) is 5.32 Å². The Kier molecular flexibility index (Phi) is 5.93. The molecule has 1 N–H and O–H groups in total. The van der Waals surface area contributed by atoms with E-state index in [0.29, 0.717) is 25.1 Å². The highest BCUT2D eigenvalue weighted by Crippen LogP contribution is 2.17. The van der Waals surface area contributed by atoms with Gasteiger partial charge in [0.05, 0.1) is 5.52 Å². The SMILES string of the molecule is CCOCCCNC(=O)Cn1ccc(=O)c2c(C)cc(C)cc21. The van der Waals surface area contributed by atoms with E-state index in [-0.39, 0.29) is 17.9 Å². The number of nitrogens with zero attached hydrogens (tertiary/aromatic N) is 1. The summed E-state index contributed by atoms with van der Waals surface area (Å²) in [6, 6.07) is 5.46. The summed E-state index contributed by atoms with van der Waals surface area (Å²) in [6.45, 7) is 8.00. The van der Waals surface area contributed by atoms with Gasteiger partial charge in [0, 0.05) is 37.4 Å². The second-order valence-electron chi connectivity index (χ2n) is 5.68. The predicted molar refractivity (Wildman–Crippen MR) is 91.8 cm³/mol. The Bertz CT molecular complexity index is 750. The van der Waals surface area contributed by atoms with Gasteiger partial charge in [-0.15, -0.1) is 0 Å². The maximum absolute atomic E-state index is 12.1. The molecule has 0 bridgehead atoms. The van der Waals surface area contributed by atoms with Crippen molar-refractivity contribution < 1.29 is 9.53 Å². The molecule has 0 atom stereocenters. The third-order valence-corrected chi connectivity index (χ3v) is 3.73. The zero-order chi connectivity index (χ0) is 16.8. The second-order valence-corrected chi connectivity index (χ2v) is 5.68. The van der Waals surface area contributed by atoms with E-state index < -0.39 is 0 Å². The lowest BCUT2D eigenvalue weighted by Gasteiger charge is -2.13. The van der Waals surface area contributed by atoms with Crippen molar-refractivity contribution in [2.45, 2.75) is 33.7 Å². The summed E-state index contributed by atoms with van der Waals surface area (Å²) in [5.74, 6) is -0.0643. The Morgan fingerprint density at radius 3 is 2.83 bits per heavy atom. The highest BCUT2D eigenvalue weighted by Gasteiger charge is 2.09. The monoisotopic (exact) mass is 316 g/mol. The minimum absolute atomic E-state index is 0.00845. The summed E-state index contributed by atoms with van der Waals surface area (Å²) in [5.41, 5.74) is 2.81. The highest BCUT2D eigenvalue weighted by atomic mass is 16.5. The van der Waals surface area contributed by atoms with Crippen LogP contribution in [0.4, 0.5) is 0 Å². The second kappa shape index (κ2) is 7.92. The molecule has 0 saturated carbocycles. The number of aromatic nitrogens is 1. The van der Waals surface area contributed by atoms with Gasteiger partial charge in [-0.25, -0.2) is 0 Å². The number of rotatable bonds is 7. The standard InChI is InChI=1S/C18H24N2O3/c1-4-23-9-5-7-19-17(22)12-20-8-6-16(21)18-14(3)10-13(2)11-15(18)20/h6,8,10-11H,4-5,7,9,12H2,1-3H3,(H,19,22). The van der Waals surface area contributed by atoms with Crippen LogP contribution in [0.15, 0.2) is 29.2 Å².